The van der Waals surface area contributed by atoms with E-state index in [2.05, 4.69) is 32.9 Å². The van der Waals surface area contributed by atoms with Gasteiger partial charge in [-0.25, -0.2) is 0 Å². The molecule has 3 N–H and O–H groups in total. The Bertz CT molecular complexity index is 443. The van der Waals surface area contributed by atoms with E-state index in [-0.39, 0.29) is 5.41 Å². The average molecular weight is 261 g/mol. The second-order valence-electron chi connectivity index (χ2n) is 6.28. The molecule has 3 unspecified atom stereocenters. The first kappa shape index (κ1) is 14.5. The third-order valence-corrected chi connectivity index (χ3v) is 5.25. The van der Waals surface area contributed by atoms with Crippen LogP contribution in [0.2, 0.25) is 0 Å². The minimum Gasteiger partial charge on any atom is -0.388 e. The Hall–Kier alpha value is -0.860. The van der Waals surface area contributed by atoms with Crippen LogP contribution in [0.25, 0.3) is 0 Å². The maximum Gasteiger partial charge on any atom is 0.0861 e. The molecule has 3 atom stereocenters. The van der Waals surface area contributed by atoms with E-state index in [1.165, 1.54) is 24.0 Å². The molecule has 0 saturated heterocycles. The van der Waals surface area contributed by atoms with Crippen molar-refractivity contribution in [1.82, 2.24) is 0 Å². The Labute approximate surface area is 117 Å². The first-order valence-corrected chi connectivity index (χ1v) is 7.48. The van der Waals surface area contributed by atoms with Crippen molar-refractivity contribution in [3.63, 3.8) is 0 Å². The van der Waals surface area contributed by atoms with Gasteiger partial charge in [-0.15, -0.1) is 0 Å². The summed E-state index contributed by atoms with van der Waals surface area (Å²) in [6.45, 7) is 7.02. The van der Waals surface area contributed by atoms with E-state index in [4.69, 9.17) is 5.73 Å². The molecule has 2 heteroatoms. The van der Waals surface area contributed by atoms with Gasteiger partial charge in [0.25, 0.3) is 0 Å². The fraction of sp³-hybridized carbons (Fsp3) is 0.647. The summed E-state index contributed by atoms with van der Waals surface area (Å²) < 4.78 is 0. The number of nitrogens with two attached hydrogens (primary N) is 1. The zero-order valence-corrected chi connectivity index (χ0v) is 12.4. The van der Waals surface area contributed by atoms with E-state index in [9.17, 15) is 5.11 Å². The van der Waals surface area contributed by atoms with Gasteiger partial charge in [0.2, 0.25) is 0 Å². The van der Waals surface area contributed by atoms with Crippen molar-refractivity contribution in [2.24, 2.45) is 17.1 Å². The summed E-state index contributed by atoms with van der Waals surface area (Å²) >= 11 is 0. The van der Waals surface area contributed by atoms with E-state index < -0.39 is 6.10 Å². The summed E-state index contributed by atoms with van der Waals surface area (Å²) in [6.07, 6.45) is 4.09. The van der Waals surface area contributed by atoms with Crippen LogP contribution < -0.4 is 5.73 Å². The third kappa shape index (κ3) is 2.56. The first-order valence-electron chi connectivity index (χ1n) is 7.48. The van der Waals surface area contributed by atoms with E-state index in [1.807, 2.05) is 6.07 Å². The molecule has 0 radical (unpaired) electrons. The van der Waals surface area contributed by atoms with Gasteiger partial charge < -0.3 is 10.8 Å². The molecule has 1 aliphatic carbocycles. The molecule has 19 heavy (non-hydrogen) atoms. The molecule has 2 nitrogen and oxygen atoms in total. The number of aliphatic hydroxyl groups excluding tert-OH is 1. The molecule has 106 valence electrons. The molecule has 0 aromatic heterocycles. The third-order valence-electron chi connectivity index (χ3n) is 5.25. The van der Waals surface area contributed by atoms with Crippen molar-refractivity contribution in [2.75, 3.05) is 6.54 Å². The van der Waals surface area contributed by atoms with Crippen LogP contribution in [0.3, 0.4) is 0 Å². The lowest BCUT2D eigenvalue weighted by molar-refractivity contribution is 0.0296. The molecular weight excluding hydrogens is 234 g/mol. The Morgan fingerprint density at radius 1 is 1.42 bits per heavy atom. The highest BCUT2D eigenvalue weighted by Gasteiger charge is 2.44. The lowest BCUT2D eigenvalue weighted by Crippen LogP contribution is -2.35. The van der Waals surface area contributed by atoms with Gasteiger partial charge >= 0.3 is 0 Å². The SMILES string of the molecule is CCC1CCC(CN)(C(O)c2cccc(C)c2C)C1. The zero-order valence-electron chi connectivity index (χ0n) is 12.4. The van der Waals surface area contributed by atoms with Crippen molar-refractivity contribution in [3.8, 4) is 0 Å². The van der Waals surface area contributed by atoms with Gasteiger partial charge in [-0.1, -0.05) is 31.5 Å². The number of aliphatic hydroxyl groups is 1. The molecule has 1 aromatic rings. The molecule has 0 amide bonds. The minimum atomic E-state index is -0.422. The van der Waals surface area contributed by atoms with Crippen LogP contribution in [-0.4, -0.2) is 11.7 Å². The standard InChI is InChI=1S/C17H27NO/c1-4-14-8-9-17(10-14,11-18)16(19)15-7-5-6-12(2)13(15)3/h5-7,14,16,19H,4,8-11,18H2,1-3H3. The van der Waals surface area contributed by atoms with Crippen LogP contribution in [0.1, 0.15) is 55.4 Å². The van der Waals surface area contributed by atoms with Gasteiger partial charge in [-0.2, -0.15) is 0 Å². The van der Waals surface area contributed by atoms with Crippen molar-refractivity contribution in [2.45, 2.75) is 52.6 Å². The highest BCUT2D eigenvalue weighted by molar-refractivity contribution is 5.35. The smallest absolute Gasteiger partial charge is 0.0861 e. The number of rotatable bonds is 4. The summed E-state index contributed by atoms with van der Waals surface area (Å²) in [5.74, 6) is 0.725. The second-order valence-corrected chi connectivity index (χ2v) is 6.28. The number of hydrogen-bond acceptors (Lipinski definition) is 2. The van der Waals surface area contributed by atoms with E-state index in [0.717, 1.165) is 24.3 Å². The second kappa shape index (κ2) is 5.64. The van der Waals surface area contributed by atoms with Crippen molar-refractivity contribution in [3.05, 3.63) is 34.9 Å². The van der Waals surface area contributed by atoms with Gasteiger partial charge in [0.15, 0.2) is 0 Å². The first-order chi connectivity index (χ1) is 9.04. The monoisotopic (exact) mass is 261 g/mol. The fourth-order valence-electron chi connectivity index (χ4n) is 3.56. The maximum atomic E-state index is 10.9. The molecular formula is C17H27NO. The summed E-state index contributed by atoms with van der Waals surface area (Å²) in [6, 6.07) is 6.20. The Balaban J connectivity index is 2.31. The molecule has 0 bridgehead atoms. The van der Waals surface area contributed by atoms with E-state index in [0.29, 0.717) is 6.54 Å². The zero-order chi connectivity index (χ0) is 14.0. The van der Waals surface area contributed by atoms with Crippen LogP contribution in [0, 0.1) is 25.2 Å². The molecule has 1 aromatic carbocycles. The lowest BCUT2D eigenvalue weighted by Gasteiger charge is -2.34. The minimum absolute atomic E-state index is 0.112. The summed E-state index contributed by atoms with van der Waals surface area (Å²) in [5, 5.41) is 10.9. The van der Waals surface area contributed by atoms with Crippen molar-refractivity contribution >= 4 is 0 Å². The molecule has 1 saturated carbocycles. The normalized spacial score (nSPS) is 28.6. The molecule has 1 aliphatic rings. The Morgan fingerprint density at radius 2 is 2.16 bits per heavy atom. The van der Waals surface area contributed by atoms with E-state index >= 15 is 0 Å². The van der Waals surface area contributed by atoms with Crippen LogP contribution in [-0.2, 0) is 0 Å². The van der Waals surface area contributed by atoms with Gasteiger partial charge in [-0.05, 0) is 55.7 Å². The van der Waals surface area contributed by atoms with Crippen molar-refractivity contribution < 1.29 is 5.11 Å². The average Bonchev–Trinajstić information content (AvgIpc) is 2.86. The van der Waals surface area contributed by atoms with Gasteiger partial charge in [0.05, 0.1) is 6.10 Å². The summed E-state index contributed by atoms with van der Waals surface area (Å²) in [7, 11) is 0. The number of aryl methyl sites for hydroxylation is 1. The van der Waals surface area contributed by atoms with Crippen molar-refractivity contribution in [1.29, 1.82) is 0 Å². The fourth-order valence-corrected chi connectivity index (χ4v) is 3.56. The Morgan fingerprint density at radius 3 is 2.74 bits per heavy atom. The van der Waals surface area contributed by atoms with Gasteiger partial charge in [-0.3, -0.25) is 0 Å². The van der Waals surface area contributed by atoms with Crippen LogP contribution >= 0.6 is 0 Å². The predicted octanol–water partition coefficient (Wildman–Crippen LogP) is 3.49. The molecule has 0 aliphatic heterocycles. The predicted molar refractivity (Wildman–Crippen MR) is 80.0 cm³/mol. The van der Waals surface area contributed by atoms with E-state index in [1.54, 1.807) is 0 Å². The quantitative estimate of drug-likeness (QED) is 0.871. The Kier molecular flexibility index (Phi) is 4.32. The van der Waals surface area contributed by atoms with Gasteiger partial charge in [0.1, 0.15) is 0 Å². The highest BCUT2D eigenvalue weighted by Crippen LogP contribution is 2.50. The lowest BCUT2D eigenvalue weighted by atomic mass is 9.75. The number of benzene rings is 1. The highest BCUT2D eigenvalue weighted by atomic mass is 16.3. The molecule has 1 fully saturated rings. The molecule has 0 spiro atoms. The van der Waals surface area contributed by atoms with Crippen LogP contribution in [0.5, 0.6) is 0 Å². The molecule has 2 rings (SSSR count). The van der Waals surface area contributed by atoms with Crippen LogP contribution in [0.4, 0.5) is 0 Å². The number of hydrogen-bond donors (Lipinski definition) is 2. The maximum absolute atomic E-state index is 10.9. The molecule has 0 heterocycles. The summed E-state index contributed by atoms with van der Waals surface area (Å²) in [4.78, 5) is 0. The van der Waals surface area contributed by atoms with Crippen LogP contribution in [0.15, 0.2) is 18.2 Å². The van der Waals surface area contributed by atoms with Gasteiger partial charge in [0, 0.05) is 12.0 Å². The summed E-state index contributed by atoms with van der Waals surface area (Å²) in [5.41, 5.74) is 9.47. The topological polar surface area (TPSA) is 46.2 Å². The largest absolute Gasteiger partial charge is 0.388 e.